The van der Waals surface area contributed by atoms with Gasteiger partial charge in [-0.15, -0.1) is 23.1 Å². The average Bonchev–Trinajstić information content (AvgIpc) is 3.14. The first-order chi connectivity index (χ1) is 10.6. The molecule has 1 aliphatic rings. The van der Waals surface area contributed by atoms with Gasteiger partial charge in [-0.25, -0.2) is 4.98 Å². The predicted molar refractivity (Wildman–Crippen MR) is 90.5 cm³/mol. The summed E-state index contributed by atoms with van der Waals surface area (Å²) in [5.74, 6) is 1.23. The predicted octanol–water partition coefficient (Wildman–Crippen LogP) is 2.39. The van der Waals surface area contributed by atoms with E-state index in [-0.39, 0.29) is 17.5 Å². The average molecular weight is 337 g/mol. The molecule has 0 spiro atoms. The van der Waals surface area contributed by atoms with E-state index in [2.05, 4.69) is 18.8 Å². The van der Waals surface area contributed by atoms with E-state index in [0.717, 1.165) is 18.5 Å². The van der Waals surface area contributed by atoms with Crippen LogP contribution in [0.15, 0.2) is 22.4 Å². The molecular weight excluding hydrogens is 318 g/mol. The van der Waals surface area contributed by atoms with Gasteiger partial charge in [0.25, 0.3) is 5.56 Å². The summed E-state index contributed by atoms with van der Waals surface area (Å²) in [7, 11) is 0. The summed E-state index contributed by atoms with van der Waals surface area (Å²) in [4.78, 5) is 31.4. The van der Waals surface area contributed by atoms with Gasteiger partial charge in [0.05, 0.1) is 11.4 Å². The molecular formula is C15H19N3O2S2. The minimum Gasteiger partial charge on any atom is -0.337 e. The van der Waals surface area contributed by atoms with Crippen LogP contribution in [-0.2, 0) is 10.5 Å². The van der Waals surface area contributed by atoms with Crippen LogP contribution in [-0.4, -0.2) is 38.0 Å². The van der Waals surface area contributed by atoms with Gasteiger partial charge in [-0.2, -0.15) is 0 Å². The standard InChI is InChI=1S/C15H19N3O2S2/c1-10(2)18(12-3-4-12)14(20)9-21-8-11-7-13(19)17-5-6-22-15(17)16-11/h5-7,10,12H,3-4,8-9H2,1-2H3. The first-order valence-electron chi connectivity index (χ1n) is 7.41. The molecule has 118 valence electrons. The second-order valence-corrected chi connectivity index (χ2v) is 7.62. The number of amides is 1. The molecule has 1 saturated carbocycles. The van der Waals surface area contributed by atoms with Gasteiger partial charge >= 0.3 is 0 Å². The van der Waals surface area contributed by atoms with E-state index in [0.29, 0.717) is 22.5 Å². The number of thiazole rings is 1. The third-order valence-electron chi connectivity index (χ3n) is 3.62. The number of thioether (sulfide) groups is 1. The van der Waals surface area contributed by atoms with Crippen LogP contribution >= 0.6 is 23.1 Å². The molecule has 0 atom stereocenters. The molecule has 1 amide bonds. The van der Waals surface area contributed by atoms with E-state index in [4.69, 9.17) is 0 Å². The molecule has 0 aliphatic heterocycles. The summed E-state index contributed by atoms with van der Waals surface area (Å²) in [6.07, 6.45) is 3.98. The SMILES string of the molecule is CC(C)N(C(=O)CSCc1cc(=O)n2ccsc2n1)C1CC1. The first kappa shape index (κ1) is 15.6. The zero-order chi connectivity index (χ0) is 15.7. The van der Waals surface area contributed by atoms with Crippen molar-refractivity contribution < 1.29 is 4.79 Å². The van der Waals surface area contributed by atoms with Crippen molar-refractivity contribution in [1.29, 1.82) is 0 Å². The summed E-state index contributed by atoms with van der Waals surface area (Å²) in [6.45, 7) is 4.13. The van der Waals surface area contributed by atoms with Gasteiger partial charge in [0.2, 0.25) is 5.91 Å². The van der Waals surface area contributed by atoms with Crippen molar-refractivity contribution in [2.75, 3.05) is 5.75 Å². The maximum absolute atomic E-state index is 12.3. The highest BCUT2D eigenvalue weighted by Gasteiger charge is 2.33. The molecule has 7 heteroatoms. The van der Waals surface area contributed by atoms with Crippen molar-refractivity contribution in [3.8, 4) is 0 Å². The molecule has 1 aliphatic carbocycles. The van der Waals surface area contributed by atoms with E-state index < -0.39 is 0 Å². The van der Waals surface area contributed by atoms with Crippen molar-refractivity contribution in [3.63, 3.8) is 0 Å². The van der Waals surface area contributed by atoms with Crippen LogP contribution in [0.4, 0.5) is 0 Å². The van der Waals surface area contributed by atoms with Gasteiger partial charge in [-0.1, -0.05) is 0 Å². The Morgan fingerprint density at radius 3 is 3.00 bits per heavy atom. The van der Waals surface area contributed by atoms with Crippen molar-refractivity contribution in [2.45, 2.75) is 44.5 Å². The Hall–Kier alpha value is -1.34. The van der Waals surface area contributed by atoms with Crippen LogP contribution in [0.25, 0.3) is 4.96 Å². The van der Waals surface area contributed by atoms with Crippen LogP contribution in [0.5, 0.6) is 0 Å². The highest BCUT2D eigenvalue weighted by Crippen LogP contribution is 2.29. The van der Waals surface area contributed by atoms with Crippen LogP contribution in [0, 0.1) is 0 Å². The van der Waals surface area contributed by atoms with E-state index in [9.17, 15) is 9.59 Å². The molecule has 0 N–H and O–H groups in total. The Morgan fingerprint density at radius 2 is 2.32 bits per heavy atom. The molecule has 0 saturated heterocycles. The Bertz CT molecular complexity index is 732. The number of carbonyl (C=O) groups is 1. The number of hydrogen-bond donors (Lipinski definition) is 0. The van der Waals surface area contributed by atoms with Crippen LogP contribution in [0.3, 0.4) is 0 Å². The largest absolute Gasteiger partial charge is 0.337 e. The normalized spacial score (nSPS) is 14.7. The van der Waals surface area contributed by atoms with Gasteiger partial charge in [0, 0.05) is 35.5 Å². The lowest BCUT2D eigenvalue weighted by atomic mass is 10.3. The van der Waals surface area contributed by atoms with Gasteiger partial charge in [-0.05, 0) is 26.7 Å². The quantitative estimate of drug-likeness (QED) is 0.812. The fourth-order valence-corrected chi connectivity index (χ4v) is 4.07. The number of aromatic nitrogens is 2. The van der Waals surface area contributed by atoms with Gasteiger partial charge in [0.1, 0.15) is 0 Å². The van der Waals surface area contributed by atoms with Crippen LogP contribution in [0.2, 0.25) is 0 Å². The maximum atomic E-state index is 12.3. The summed E-state index contributed by atoms with van der Waals surface area (Å²) in [6, 6.07) is 2.25. The maximum Gasteiger partial charge on any atom is 0.258 e. The Morgan fingerprint density at radius 1 is 1.55 bits per heavy atom. The summed E-state index contributed by atoms with van der Waals surface area (Å²) >= 11 is 2.97. The minimum atomic E-state index is -0.0602. The second-order valence-electron chi connectivity index (χ2n) is 5.76. The zero-order valence-electron chi connectivity index (χ0n) is 12.7. The number of hydrogen-bond acceptors (Lipinski definition) is 5. The fraction of sp³-hybridized carbons (Fsp3) is 0.533. The van der Waals surface area contributed by atoms with Crippen molar-refractivity contribution in [2.24, 2.45) is 0 Å². The number of rotatable bonds is 6. The monoisotopic (exact) mass is 337 g/mol. The summed E-state index contributed by atoms with van der Waals surface area (Å²) in [5, 5.41) is 1.85. The summed E-state index contributed by atoms with van der Waals surface area (Å²) in [5.41, 5.74) is 0.683. The van der Waals surface area contributed by atoms with Gasteiger partial charge in [-0.3, -0.25) is 14.0 Å². The third-order valence-corrected chi connectivity index (χ3v) is 5.32. The third kappa shape index (κ3) is 3.35. The van der Waals surface area contributed by atoms with E-state index in [1.807, 2.05) is 10.3 Å². The second kappa shape index (κ2) is 6.42. The van der Waals surface area contributed by atoms with Gasteiger partial charge < -0.3 is 4.90 Å². The van der Waals surface area contributed by atoms with E-state index >= 15 is 0 Å². The van der Waals surface area contributed by atoms with Crippen LogP contribution < -0.4 is 5.56 Å². The summed E-state index contributed by atoms with van der Waals surface area (Å²) < 4.78 is 1.54. The Balaban J connectivity index is 1.59. The lowest BCUT2D eigenvalue weighted by molar-refractivity contribution is -0.130. The van der Waals surface area contributed by atoms with E-state index in [1.165, 1.54) is 27.5 Å². The fourth-order valence-electron chi connectivity index (χ4n) is 2.55. The Labute approximate surface area is 137 Å². The minimum absolute atomic E-state index is 0.0602. The van der Waals surface area contributed by atoms with Crippen LogP contribution in [0.1, 0.15) is 32.4 Å². The van der Waals surface area contributed by atoms with Crippen molar-refractivity contribution in [3.05, 3.63) is 33.7 Å². The van der Waals surface area contributed by atoms with Crippen molar-refractivity contribution >= 4 is 34.0 Å². The lowest BCUT2D eigenvalue weighted by Crippen LogP contribution is -2.39. The van der Waals surface area contributed by atoms with E-state index in [1.54, 1.807) is 12.3 Å². The molecule has 3 rings (SSSR count). The molecule has 2 aromatic rings. The smallest absolute Gasteiger partial charge is 0.258 e. The highest BCUT2D eigenvalue weighted by molar-refractivity contribution is 7.99. The number of fused-ring (bicyclic) bond motifs is 1. The van der Waals surface area contributed by atoms with Crippen molar-refractivity contribution in [1.82, 2.24) is 14.3 Å². The molecule has 0 bridgehead atoms. The first-order valence-corrected chi connectivity index (χ1v) is 9.44. The highest BCUT2D eigenvalue weighted by atomic mass is 32.2. The number of nitrogens with zero attached hydrogens (tertiary/aromatic N) is 3. The molecule has 5 nitrogen and oxygen atoms in total. The lowest BCUT2D eigenvalue weighted by Gasteiger charge is -2.26. The topological polar surface area (TPSA) is 54.7 Å². The Kier molecular flexibility index (Phi) is 4.54. The molecule has 0 radical (unpaired) electrons. The molecule has 22 heavy (non-hydrogen) atoms. The molecule has 2 heterocycles. The number of carbonyl (C=O) groups excluding carboxylic acids is 1. The molecule has 0 aromatic carbocycles. The molecule has 2 aromatic heterocycles. The zero-order valence-corrected chi connectivity index (χ0v) is 14.3. The van der Waals surface area contributed by atoms with Gasteiger partial charge in [0.15, 0.2) is 4.96 Å². The molecule has 0 unspecified atom stereocenters. The molecule has 1 fully saturated rings.